The second kappa shape index (κ2) is 9.38. The second-order valence-corrected chi connectivity index (χ2v) is 9.00. The van der Waals surface area contributed by atoms with Crippen molar-refractivity contribution in [1.82, 2.24) is 19.2 Å². The van der Waals surface area contributed by atoms with Gasteiger partial charge in [-0.3, -0.25) is 9.69 Å². The average molecular weight is 459 g/mol. The summed E-state index contributed by atoms with van der Waals surface area (Å²) < 4.78 is 2.22. The van der Waals surface area contributed by atoms with Gasteiger partial charge in [-0.15, -0.1) is 0 Å². The third kappa shape index (κ3) is 4.65. The first-order valence-corrected chi connectivity index (χ1v) is 11.8. The molecule has 3 heterocycles. The van der Waals surface area contributed by atoms with Crippen LogP contribution in [0.25, 0.3) is 28.0 Å². The normalized spacial score (nSPS) is 15.0. The molecular formula is C27H27ClN4O. The lowest BCUT2D eigenvalue weighted by atomic mass is 10.1. The summed E-state index contributed by atoms with van der Waals surface area (Å²) in [5.41, 5.74) is 6.45. The van der Waals surface area contributed by atoms with Crippen molar-refractivity contribution < 1.29 is 4.79 Å². The standard InChI is InChI=1S/C27H27ClN4O/c1-20(33)31-15-5-14-30(16-17-31)19-25-27(22-8-11-24(28)12-9-22)29-26-13-10-23(18-32(25)26)21-6-3-2-4-7-21/h2-4,6-13,18H,5,14-17,19H2,1H3. The highest BCUT2D eigenvalue weighted by atomic mass is 35.5. The van der Waals surface area contributed by atoms with Crippen LogP contribution < -0.4 is 0 Å². The number of carbonyl (C=O) groups is 1. The Kier molecular flexibility index (Phi) is 6.16. The molecule has 5 rings (SSSR count). The van der Waals surface area contributed by atoms with E-state index in [2.05, 4.69) is 51.9 Å². The molecule has 33 heavy (non-hydrogen) atoms. The molecular weight excluding hydrogens is 432 g/mol. The lowest BCUT2D eigenvalue weighted by Crippen LogP contribution is -2.33. The Balaban J connectivity index is 1.56. The zero-order valence-electron chi connectivity index (χ0n) is 18.7. The van der Waals surface area contributed by atoms with E-state index < -0.39 is 0 Å². The average Bonchev–Trinajstić information content (AvgIpc) is 3.01. The maximum atomic E-state index is 11.9. The van der Waals surface area contributed by atoms with Crippen molar-refractivity contribution in [2.75, 3.05) is 26.2 Å². The van der Waals surface area contributed by atoms with E-state index in [0.29, 0.717) is 5.02 Å². The molecule has 1 fully saturated rings. The molecule has 0 saturated carbocycles. The van der Waals surface area contributed by atoms with Crippen molar-refractivity contribution in [2.45, 2.75) is 19.9 Å². The van der Waals surface area contributed by atoms with Crippen LogP contribution in [0.15, 0.2) is 72.9 Å². The molecule has 2 aromatic carbocycles. The summed E-state index contributed by atoms with van der Waals surface area (Å²) in [6, 6.07) is 22.5. The van der Waals surface area contributed by atoms with Crippen molar-refractivity contribution in [3.05, 3.63) is 83.6 Å². The van der Waals surface area contributed by atoms with Crippen LogP contribution >= 0.6 is 11.6 Å². The number of pyridine rings is 1. The zero-order valence-corrected chi connectivity index (χ0v) is 19.5. The zero-order chi connectivity index (χ0) is 22.8. The molecule has 0 atom stereocenters. The molecule has 0 bridgehead atoms. The van der Waals surface area contributed by atoms with E-state index >= 15 is 0 Å². The van der Waals surface area contributed by atoms with Crippen LogP contribution in [0, 0.1) is 0 Å². The molecule has 0 N–H and O–H groups in total. The van der Waals surface area contributed by atoms with Crippen LogP contribution in [0.3, 0.4) is 0 Å². The number of amides is 1. The number of hydrogen-bond donors (Lipinski definition) is 0. The summed E-state index contributed by atoms with van der Waals surface area (Å²) in [7, 11) is 0. The van der Waals surface area contributed by atoms with Crippen LogP contribution in [0.5, 0.6) is 0 Å². The monoisotopic (exact) mass is 458 g/mol. The summed E-state index contributed by atoms with van der Waals surface area (Å²) in [5.74, 6) is 0.154. The Labute approximate surface area is 199 Å². The van der Waals surface area contributed by atoms with Gasteiger partial charge in [0.05, 0.1) is 11.4 Å². The van der Waals surface area contributed by atoms with Gasteiger partial charge in [0.25, 0.3) is 0 Å². The van der Waals surface area contributed by atoms with Crippen molar-refractivity contribution >= 4 is 23.2 Å². The third-order valence-electron chi connectivity index (χ3n) is 6.35. The van der Waals surface area contributed by atoms with Crippen LogP contribution in [-0.2, 0) is 11.3 Å². The summed E-state index contributed by atoms with van der Waals surface area (Å²) in [6.45, 7) is 5.81. The minimum Gasteiger partial charge on any atom is -0.342 e. The molecule has 4 aromatic rings. The van der Waals surface area contributed by atoms with E-state index in [-0.39, 0.29) is 5.91 Å². The highest BCUT2D eigenvalue weighted by molar-refractivity contribution is 6.30. The van der Waals surface area contributed by atoms with Crippen molar-refractivity contribution in [2.24, 2.45) is 0 Å². The number of aromatic nitrogens is 2. The number of rotatable bonds is 4. The van der Waals surface area contributed by atoms with Gasteiger partial charge in [0.2, 0.25) is 5.91 Å². The molecule has 168 valence electrons. The summed E-state index contributed by atoms with van der Waals surface area (Å²) >= 11 is 6.15. The molecule has 1 saturated heterocycles. The number of fused-ring (bicyclic) bond motifs is 1. The largest absolute Gasteiger partial charge is 0.342 e. The fraction of sp³-hybridized carbons (Fsp3) is 0.259. The molecule has 1 aliphatic rings. The van der Waals surface area contributed by atoms with Gasteiger partial charge in [-0.25, -0.2) is 4.98 Å². The van der Waals surface area contributed by atoms with E-state index in [4.69, 9.17) is 16.6 Å². The number of halogens is 1. The first-order chi connectivity index (χ1) is 16.1. The predicted octanol–water partition coefficient (Wildman–Crippen LogP) is 5.38. The van der Waals surface area contributed by atoms with E-state index in [0.717, 1.165) is 67.3 Å². The SMILES string of the molecule is CC(=O)N1CCCN(Cc2c(-c3ccc(Cl)cc3)nc3ccc(-c4ccccc4)cn23)CC1. The van der Waals surface area contributed by atoms with Gasteiger partial charge < -0.3 is 9.30 Å². The maximum Gasteiger partial charge on any atom is 0.219 e. The molecule has 1 amide bonds. The minimum absolute atomic E-state index is 0.154. The highest BCUT2D eigenvalue weighted by Crippen LogP contribution is 2.29. The Morgan fingerprint density at radius 1 is 0.879 bits per heavy atom. The van der Waals surface area contributed by atoms with Gasteiger partial charge in [0.1, 0.15) is 5.65 Å². The number of imidazole rings is 1. The van der Waals surface area contributed by atoms with E-state index in [9.17, 15) is 4.79 Å². The summed E-state index contributed by atoms with van der Waals surface area (Å²) in [5, 5.41) is 0.715. The smallest absolute Gasteiger partial charge is 0.219 e. The summed E-state index contributed by atoms with van der Waals surface area (Å²) in [4.78, 5) is 21.3. The van der Waals surface area contributed by atoms with E-state index in [1.54, 1.807) is 6.92 Å². The Hall–Kier alpha value is -3.15. The van der Waals surface area contributed by atoms with Gasteiger partial charge >= 0.3 is 0 Å². The first-order valence-electron chi connectivity index (χ1n) is 11.4. The van der Waals surface area contributed by atoms with Gasteiger partial charge in [0, 0.05) is 56.4 Å². The van der Waals surface area contributed by atoms with Gasteiger partial charge in [-0.05, 0) is 41.8 Å². The van der Waals surface area contributed by atoms with Crippen molar-refractivity contribution in [3.8, 4) is 22.4 Å². The van der Waals surface area contributed by atoms with Crippen LogP contribution in [-0.4, -0.2) is 51.3 Å². The number of nitrogens with zero attached hydrogens (tertiary/aromatic N) is 4. The Morgan fingerprint density at radius 2 is 1.64 bits per heavy atom. The molecule has 0 spiro atoms. The predicted molar refractivity (Wildman–Crippen MR) is 133 cm³/mol. The summed E-state index contributed by atoms with van der Waals surface area (Å²) in [6.07, 6.45) is 3.16. The molecule has 6 heteroatoms. The lowest BCUT2D eigenvalue weighted by Gasteiger charge is -2.21. The maximum absolute atomic E-state index is 11.9. The van der Waals surface area contributed by atoms with Crippen LogP contribution in [0.1, 0.15) is 19.0 Å². The van der Waals surface area contributed by atoms with Crippen LogP contribution in [0.2, 0.25) is 5.02 Å². The molecule has 1 aliphatic heterocycles. The molecule has 0 radical (unpaired) electrons. The fourth-order valence-corrected chi connectivity index (χ4v) is 4.67. The van der Waals surface area contributed by atoms with Crippen molar-refractivity contribution in [3.63, 3.8) is 0 Å². The number of carbonyl (C=O) groups excluding carboxylic acids is 1. The lowest BCUT2D eigenvalue weighted by molar-refractivity contribution is -0.128. The highest BCUT2D eigenvalue weighted by Gasteiger charge is 2.21. The fourth-order valence-electron chi connectivity index (χ4n) is 4.54. The van der Waals surface area contributed by atoms with Crippen molar-refractivity contribution in [1.29, 1.82) is 0 Å². The van der Waals surface area contributed by atoms with Gasteiger partial charge in [-0.2, -0.15) is 0 Å². The van der Waals surface area contributed by atoms with E-state index in [1.807, 2.05) is 35.2 Å². The molecule has 2 aromatic heterocycles. The van der Waals surface area contributed by atoms with Gasteiger partial charge in [0.15, 0.2) is 0 Å². The van der Waals surface area contributed by atoms with Crippen LogP contribution in [0.4, 0.5) is 0 Å². The topological polar surface area (TPSA) is 40.9 Å². The molecule has 0 unspecified atom stereocenters. The van der Waals surface area contributed by atoms with E-state index in [1.165, 1.54) is 5.56 Å². The molecule has 0 aliphatic carbocycles. The quantitative estimate of drug-likeness (QED) is 0.412. The number of hydrogen-bond acceptors (Lipinski definition) is 3. The first kappa shape index (κ1) is 21.7. The minimum atomic E-state index is 0.154. The Bertz CT molecular complexity index is 1270. The second-order valence-electron chi connectivity index (χ2n) is 8.56. The third-order valence-corrected chi connectivity index (χ3v) is 6.60. The molecule has 5 nitrogen and oxygen atoms in total. The van der Waals surface area contributed by atoms with Gasteiger partial charge in [-0.1, -0.05) is 54.1 Å². The number of benzene rings is 2. The Morgan fingerprint density at radius 3 is 2.39 bits per heavy atom.